The molecule has 2 aromatic rings. The van der Waals surface area contributed by atoms with E-state index in [0.717, 1.165) is 37.3 Å². The van der Waals surface area contributed by atoms with Gasteiger partial charge in [0.1, 0.15) is 0 Å². The van der Waals surface area contributed by atoms with E-state index in [1.54, 1.807) is 24.1 Å². The summed E-state index contributed by atoms with van der Waals surface area (Å²) in [5, 5.41) is 16.3. The smallest absolute Gasteiger partial charge is 0.258 e. The number of aryl methyl sites for hydroxylation is 1. The molecule has 1 aromatic heterocycles. The summed E-state index contributed by atoms with van der Waals surface area (Å²) in [7, 11) is 1.79. The number of anilines is 2. The Morgan fingerprint density at radius 1 is 1.35 bits per heavy atom. The normalized spacial score (nSPS) is 15.7. The number of nitrogens with zero attached hydrogens (tertiary/aromatic N) is 3. The van der Waals surface area contributed by atoms with E-state index in [-0.39, 0.29) is 12.5 Å². The van der Waals surface area contributed by atoms with Crippen molar-refractivity contribution >= 4 is 17.3 Å². The molecule has 0 bridgehead atoms. The summed E-state index contributed by atoms with van der Waals surface area (Å²) in [5.74, 6) is 0.235. The Balaban J connectivity index is 1.74. The van der Waals surface area contributed by atoms with Crippen LogP contribution in [0.15, 0.2) is 36.7 Å². The third kappa shape index (κ3) is 3.53. The van der Waals surface area contributed by atoms with E-state index in [9.17, 15) is 9.90 Å². The van der Waals surface area contributed by atoms with Gasteiger partial charge in [-0.1, -0.05) is 12.1 Å². The monoisotopic (exact) mass is 314 g/mol. The number of para-hydroxylation sites is 2. The van der Waals surface area contributed by atoms with Gasteiger partial charge in [-0.3, -0.25) is 9.48 Å². The molecule has 122 valence electrons. The first-order chi connectivity index (χ1) is 11.2. The second-order valence-corrected chi connectivity index (χ2v) is 5.99. The zero-order valence-corrected chi connectivity index (χ0v) is 13.3. The molecule has 1 saturated heterocycles. The number of carbonyl (C=O) groups excluding carboxylic acids is 1. The highest BCUT2D eigenvalue weighted by atomic mass is 16.3. The first kappa shape index (κ1) is 15.6. The molecule has 0 radical (unpaired) electrons. The van der Waals surface area contributed by atoms with Crippen molar-refractivity contribution in [2.75, 3.05) is 29.9 Å². The van der Waals surface area contributed by atoms with Crippen molar-refractivity contribution in [2.45, 2.75) is 12.8 Å². The Morgan fingerprint density at radius 2 is 2.09 bits per heavy atom. The number of hydrogen-bond donors (Lipinski definition) is 2. The van der Waals surface area contributed by atoms with Gasteiger partial charge in [0.2, 0.25) is 0 Å². The first-order valence-corrected chi connectivity index (χ1v) is 7.92. The molecule has 3 rings (SSSR count). The predicted molar refractivity (Wildman–Crippen MR) is 89.6 cm³/mol. The van der Waals surface area contributed by atoms with Crippen LogP contribution >= 0.6 is 0 Å². The lowest BCUT2D eigenvalue weighted by Gasteiger charge is -2.34. The average Bonchev–Trinajstić information content (AvgIpc) is 3.02. The number of hydrogen-bond acceptors (Lipinski definition) is 4. The number of amides is 1. The Morgan fingerprint density at radius 3 is 2.74 bits per heavy atom. The molecule has 2 heterocycles. The molecule has 1 fully saturated rings. The lowest BCUT2D eigenvalue weighted by atomic mass is 9.97. The molecular formula is C17H22N4O2. The fourth-order valence-electron chi connectivity index (χ4n) is 2.94. The minimum Gasteiger partial charge on any atom is -0.396 e. The SMILES string of the molecule is Cn1cc(C(=O)Nc2ccccc2N2CCC(CO)CC2)cn1. The number of benzene rings is 1. The molecule has 1 aliphatic rings. The predicted octanol–water partition coefficient (Wildman–Crippen LogP) is 1.88. The van der Waals surface area contributed by atoms with Gasteiger partial charge in [-0.15, -0.1) is 0 Å². The Hall–Kier alpha value is -2.34. The van der Waals surface area contributed by atoms with Crippen LogP contribution in [0.4, 0.5) is 11.4 Å². The molecule has 0 unspecified atom stereocenters. The van der Waals surface area contributed by atoms with Crippen LogP contribution in [0.5, 0.6) is 0 Å². The van der Waals surface area contributed by atoms with Gasteiger partial charge in [-0.05, 0) is 30.9 Å². The lowest BCUT2D eigenvalue weighted by Crippen LogP contribution is -2.35. The van der Waals surface area contributed by atoms with E-state index >= 15 is 0 Å². The van der Waals surface area contributed by atoms with Gasteiger partial charge >= 0.3 is 0 Å². The summed E-state index contributed by atoms with van der Waals surface area (Å²) in [6.45, 7) is 2.04. The van der Waals surface area contributed by atoms with E-state index < -0.39 is 0 Å². The number of aromatic nitrogens is 2. The molecule has 6 heteroatoms. The molecule has 0 spiro atoms. The highest BCUT2D eigenvalue weighted by Gasteiger charge is 2.21. The van der Waals surface area contributed by atoms with Crippen molar-refractivity contribution in [1.29, 1.82) is 0 Å². The zero-order valence-electron chi connectivity index (χ0n) is 13.3. The molecule has 2 N–H and O–H groups in total. The Kier molecular flexibility index (Phi) is 4.62. The summed E-state index contributed by atoms with van der Waals surface area (Å²) in [4.78, 5) is 14.6. The van der Waals surface area contributed by atoms with E-state index in [1.807, 2.05) is 24.3 Å². The second kappa shape index (κ2) is 6.83. The maximum absolute atomic E-state index is 12.3. The highest BCUT2D eigenvalue weighted by Crippen LogP contribution is 2.30. The molecule has 0 saturated carbocycles. The summed E-state index contributed by atoms with van der Waals surface area (Å²) in [6, 6.07) is 7.84. The Labute approximate surface area is 135 Å². The quantitative estimate of drug-likeness (QED) is 0.904. The summed E-state index contributed by atoms with van der Waals surface area (Å²) >= 11 is 0. The van der Waals surface area contributed by atoms with E-state index in [2.05, 4.69) is 15.3 Å². The highest BCUT2D eigenvalue weighted by molar-refractivity contribution is 6.05. The number of carbonyl (C=O) groups is 1. The van der Waals surface area contributed by atoms with Crippen LogP contribution in [0.1, 0.15) is 23.2 Å². The third-order valence-corrected chi connectivity index (χ3v) is 4.33. The fourth-order valence-corrected chi connectivity index (χ4v) is 2.94. The first-order valence-electron chi connectivity index (χ1n) is 7.92. The number of rotatable bonds is 4. The maximum atomic E-state index is 12.3. The van der Waals surface area contributed by atoms with Crippen molar-refractivity contribution in [3.8, 4) is 0 Å². The van der Waals surface area contributed by atoms with Gasteiger partial charge in [0.15, 0.2) is 0 Å². The van der Waals surface area contributed by atoms with Gasteiger partial charge in [-0.2, -0.15) is 5.10 Å². The van der Waals surface area contributed by atoms with Gasteiger partial charge in [-0.25, -0.2) is 0 Å². The van der Waals surface area contributed by atoms with E-state index in [4.69, 9.17) is 0 Å². The molecule has 1 aliphatic heterocycles. The van der Waals surface area contributed by atoms with Gasteiger partial charge < -0.3 is 15.3 Å². The molecule has 1 amide bonds. The van der Waals surface area contributed by atoms with Crippen molar-refractivity contribution in [3.05, 3.63) is 42.2 Å². The molecular weight excluding hydrogens is 292 g/mol. The number of piperidine rings is 1. The number of aliphatic hydroxyl groups excluding tert-OH is 1. The standard InChI is InChI=1S/C17H22N4O2/c1-20-11-14(10-18-20)17(23)19-15-4-2-3-5-16(15)21-8-6-13(12-22)7-9-21/h2-5,10-11,13,22H,6-9,12H2,1H3,(H,19,23). The van der Waals surface area contributed by atoms with Crippen molar-refractivity contribution < 1.29 is 9.90 Å². The Bertz CT molecular complexity index is 675. The second-order valence-electron chi connectivity index (χ2n) is 5.99. The van der Waals surface area contributed by atoms with Crippen LogP contribution in [-0.2, 0) is 7.05 Å². The molecule has 0 aliphatic carbocycles. The minimum absolute atomic E-state index is 0.157. The minimum atomic E-state index is -0.157. The van der Waals surface area contributed by atoms with Crippen molar-refractivity contribution in [2.24, 2.45) is 13.0 Å². The molecule has 0 atom stereocenters. The van der Waals surface area contributed by atoms with Gasteiger partial charge in [0, 0.05) is 32.9 Å². The van der Waals surface area contributed by atoms with Gasteiger partial charge in [0.25, 0.3) is 5.91 Å². The van der Waals surface area contributed by atoms with E-state index in [1.165, 1.54) is 0 Å². The van der Waals surface area contributed by atoms with E-state index in [0.29, 0.717) is 11.5 Å². The summed E-state index contributed by atoms with van der Waals surface area (Å²) in [5.41, 5.74) is 2.38. The fraction of sp³-hybridized carbons (Fsp3) is 0.412. The van der Waals surface area contributed by atoms with Crippen LogP contribution in [0, 0.1) is 5.92 Å². The topological polar surface area (TPSA) is 70.4 Å². The summed E-state index contributed by atoms with van der Waals surface area (Å²) in [6.07, 6.45) is 5.21. The largest absolute Gasteiger partial charge is 0.396 e. The van der Waals surface area contributed by atoms with Crippen LogP contribution < -0.4 is 10.2 Å². The van der Waals surface area contributed by atoms with Crippen molar-refractivity contribution in [1.82, 2.24) is 9.78 Å². The number of aliphatic hydroxyl groups is 1. The molecule has 6 nitrogen and oxygen atoms in total. The third-order valence-electron chi connectivity index (χ3n) is 4.33. The number of nitrogens with one attached hydrogen (secondary N) is 1. The van der Waals surface area contributed by atoms with Crippen LogP contribution in [0.2, 0.25) is 0 Å². The maximum Gasteiger partial charge on any atom is 0.258 e. The summed E-state index contributed by atoms with van der Waals surface area (Å²) < 4.78 is 1.61. The van der Waals surface area contributed by atoms with Crippen molar-refractivity contribution in [3.63, 3.8) is 0 Å². The molecule has 1 aromatic carbocycles. The zero-order chi connectivity index (χ0) is 16.2. The van der Waals surface area contributed by atoms with Gasteiger partial charge in [0.05, 0.1) is 23.1 Å². The van der Waals surface area contributed by atoms with Crippen LogP contribution in [0.25, 0.3) is 0 Å². The lowest BCUT2D eigenvalue weighted by molar-refractivity contribution is 0.102. The van der Waals surface area contributed by atoms with Crippen LogP contribution in [-0.4, -0.2) is 40.5 Å². The van der Waals surface area contributed by atoms with Crippen LogP contribution in [0.3, 0.4) is 0 Å². The average molecular weight is 314 g/mol. The molecule has 23 heavy (non-hydrogen) atoms.